The van der Waals surface area contributed by atoms with Crippen molar-refractivity contribution in [3.05, 3.63) is 36.7 Å². The molecule has 1 fully saturated rings. The van der Waals surface area contributed by atoms with Gasteiger partial charge in [0.1, 0.15) is 23.7 Å². The van der Waals surface area contributed by atoms with E-state index in [1.54, 1.807) is 23.1 Å². The van der Waals surface area contributed by atoms with E-state index in [-0.39, 0.29) is 19.5 Å². The first-order valence-electron chi connectivity index (χ1n) is 10.7. The van der Waals surface area contributed by atoms with Crippen molar-refractivity contribution >= 4 is 25.2 Å². The van der Waals surface area contributed by atoms with Crippen molar-refractivity contribution in [3.63, 3.8) is 0 Å². The molecule has 1 amide bonds. The fraction of sp³-hybridized carbons (Fsp3) is 0.455. The zero-order chi connectivity index (χ0) is 23.8. The third-order valence-corrected chi connectivity index (χ3v) is 7.68. The molecule has 174 valence electrons. The molecule has 1 saturated heterocycles. The second-order valence-corrected chi connectivity index (χ2v) is 15.3. The molecule has 0 unspecified atom stereocenters. The Hall–Kier alpha value is -3.23. The van der Waals surface area contributed by atoms with Gasteiger partial charge in [-0.05, 0) is 12.1 Å². The number of carboxylic acid groups (broad SMARTS) is 1. The molecule has 0 saturated carbocycles. The summed E-state index contributed by atoms with van der Waals surface area (Å²) in [6, 6.07) is 4.98. The van der Waals surface area contributed by atoms with E-state index in [1.807, 2.05) is 10.8 Å². The molecule has 3 aromatic heterocycles. The number of carbonyl (C=O) groups is 1. The van der Waals surface area contributed by atoms with E-state index in [0.29, 0.717) is 35.5 Å². The van der Waals surface area contributed by atoms with Crippen LogP contribution in [-0.2, 0) is 17.0 Å². The maximum absolute atomic E-state index is 14.9. The first-order valence-corrected chi connectivity index (χ1v) is 14.5. The molecule has 0 atom stereocenters. The summed E-state index contributed by atoms with van der Waals surface area (Å²) in [7, 11) is -1.19. The average Bonchev–Trinajstić information content (AvgIpc) is 3.34. The lowest BCUT2D eigenvalue weighted by Gasteiger charge is -2.47. The molecule has 4 heterocycles. The number of aromatic nitrogens is 4. The Morgan fingerprint density at radius 2 is 2.12 bits per heavy atom. The number of fused-ring (bicyclic) bond motifs is 1. The van der Waals surface area contributed by atoms with Crippen LogP contribution in [0.4, 0.5) is 9.18 Å². The van der Waals surface area contributed by atoms with Crippen LogP contribution in [0.5, 0.6) is 0 Å². The first kappa shape index (κ1) is 22.9. The lowest BCUT2D eigenvalue weighted by atomic mass is 9.87. The van der Waals surface area contributed by atoms with Crippen molar-refractivity contribution in [1.82, 2.24) is 24.2 Å². The van der Waals surface area contributed by atoms with Crippen molar-refractivity contribution in [1.29, 1.82) is 5.26 Å². The first-order chi connectivity index (χ1) is 15.6. The Morgan fingerprint density at radius 3 is 2.79 bits per heavy atom. The molecular formula is C22H27FN6O3Si. The molecule has 33 heavy (non-hydrogen) atoms. The highest BCUT2D eigenvalue weighted by Crippen LogP contribution is 2.36. The number of halogens is 1. The number of hydrogen-bond donors (Lipinski definition) is 1. The smallest absolute Gasteiger partial charge is 0.407 e. The number of rotatable bonds is 8. The highest BCUT2D eigenvalue weighted by molar-refractivity contribution is 6.76. The van der Waals surface area contributed by atoms with Gasteiger partial charge in [-0.25, -0.2) is 14.2 Å². The van der Waals surface area contributed by atoms with E-state index in [0.717, 1.165) is 6.04 Å². The molecular weight excluding hydrogens is 443 g/mol. The molecule has 3 aromatic rings. The lowest BCUT2D eigenvalue weighted by Crippen LogP contribution is -2.64. The van der Waals surface area contributed by atoms with Gasteiger partial charge in [0, 0.05) is 43.6 Å². The van der Waals surface area contributed by atoms with Crippen LogP contribution in [0.3, 0.4) is 0 Å². The molecule has 0 spiro atoms. The molecule has 1 aliphatic rings. The summed E-state index contributed by atoms with van der Waals surface area (Å²) in [6.07, 6.45) is 5.31. The molecule has 1 N–H and O–H groups in total. The van der Waals surface area contributed by atoms with Crippen LogP contribution in [0.25, 0.3) is 22.2 Å². The Morgan fingerprint density at radius 1 is 1.36 bits per heavy atom. The summed E-state index contributed by atoms with van der Waals surface area (Å²) >= 11 is 0. The fourth-order valence-electron chi connectivity index (χ4n) is 4.05. The zero-order valence-electron chi connectivity index (χ0n) is 19.0. The van der Waals surface area contributed by atoms with Crippen molar-refractivity contribution in [2.24, 2.45) is 0 Å². The largest absolute Gasteiger partial charge is 0.465 e. The molecule has 0 aliphatic carbocycles. The monoisotopic (exact) mass is 470 g/mol. The zero-order valence-corrected chi connectivity index (χ0v) is 20.0. The highest BCUT2D eigenvalue weighted by Gasteiger charge is 2.47. The molecule has 1 aliphatic heterocycles. The second-order valence-electron chi connectivity index (χ2n) is 9.72. The minimum Gasteiger partial charge on any atom is -0.465 e. The van der Waals surface area contributed by atoms with E-state index in [1.165, 1.54) is 11.1 Å². The summed E-state index contributed by atoms with van der Waals surface area (Å²) in [5.74, 6) is -0.477. The third-order valence-electron chi connectivity index (χ3n) is 5.98. The van der Waals surface area contributed by atoms with Crippen molar-refractivity contribution < 1.29 is 19.0 Å². The fourth-order valence-corrected chi connectivity index (χ4v) is 4.81. The maximum atomic E-state index is 14.9. The van der Waals surface area contributed by atoms with Gasteiger partial charge in [-0.15, -0.1) is 0 Å². The number of hydrogen-bond acceptors (Lipinski definition) is 5. The van der Waals surface area contributed by atoms with E-state index in [4.69, 9.17) is 4.74 Å². The standard InChI is InChI=1S/C22H27FN6O3Si/c1-33(2,3)9-8-32-15-27-7-4-17-19(18(23)11-25-20(17)27)16-10-26-29(12-16)22(5-6-24)13-28(14-22)21(30)31/h4,7,10-12H,5,8-9,13-15H2,1-3H3,(H,30,31). The quantitative estimate of drug-likeness (QED) is 0.394. The van der Waals surface area contributed by atoms with Gasteiger partial charge in [-0.1, -0.05) is 19.6 Å². The summed E-state index contributed by atoms with van der Waals surface area (Å²) in [6.45, 7) is 8.21. The summed E-state index contributed by atoms with van der Waals surface area (Å²) in [4.78, 5) is 16.7. The number of nitrogens with zero attached hydrogens (tertiary/aromatic N) is 6. The van der Waals surface area contributed by atoms with Gasteiger partial charge in [0.05, 0.1) is 38.0 Å². The van der Waals surface area contributed by atoms with Crippen molar-refractivity contribution in [2.45, 2.75) is 44.4 Å². The van der Waals surface area contributed by atoms with Crippen molar-refractivity contribution in [2.75, 3.05) is 19.7 Å². The predicted octanol–water partition coefficient (Wildman–Crippen LogP) is 3.95. The maximum Gasteiger partial charge on any atom is 0.407 e. The van der Waals surface area contributed by atoms with Gasteiger partial charge in [-0.2, -0.15) is 10.4 Å². The van der Waals surface area contributed by atoms with Crippen LogP contribution in [0, 0.1) is 17.1 Å². The highest BCUT2D eigenvalue weighted by atomic mass is 28.3. The van der Waals surface area contributed by atoms with Gasteiger partial charge < -0.3 is 19.3 Å². The Bertz CT molecular complexity index is 1220. The van der Waals surface area contributed by atoms with Gasteiger partial charge in [0.2, 0.25) is 0 Å². The minimum absolute atomic E-state index is 0.108. The van der Waals surface area contributed by atoms with Crippen LogP contribution in [0.15, 0.2) is 30.9 Å². The Labute approximate surface area is 192 Å². The number of pyridine rings is 1. The molecule has 0 aromatic carbocycles. The molecule has 4 rings (SSSR count). The van der Waals surface area contributed by atoms with Gasteiger partial charge in [-0.3, -0.25) is 4.68 Å². The topological polar surface area (TPSA) is 109 Å². The summed E-state index contributed by atoms with van der Waals surface area (Å²) in [5, 5.41) is 23.5. The van der Waals surface area contributed by atoms with E-state index in [2.05, 4.69) is 35.8 Å². The molecule has 11 heteroatoms. The van der Waals surface area contributed by atoms with E-state index < -0.39 is 25.5 Å². The second kappa shape index (κ2) is 8.61. The average molecular weight is 471 g/mol. The number of likely N-dealkylation sites (tertiary alicyclic amines) is 1. The Balaban J connectivity index is 1.60. The number of ether oxygens (including phenoxy) is 1. The third kappa shape index (κ3) is 4.49. The van der Waals surface area contributed by atoms with Crippen LogP contribution in [0.1, 0.15) is 6.42 Å². The number of nitriles is 1. The van der Waals surface area contributed by atoms with E-state index >= 15 is 0 Å². The molecule has 0 radical (unpaired) electrons. The van der Waals surface area contributed by atoms with Gasteiger partial charge in [0.15, 0.2) is 0 Å². The van der Waals surface area contributed by atoms with Gasteiger partial charge >= 0.3 is 6.09 Å². The lowest BCUT2D eigenvalue weighted by molar-refractivity contribution is 0.0139. The SMILES string of the molecule is C[Si](C)(C)CCOCn1ccc2c(-c3cnn(C4(CC#N)CN(C(=O)O)C4)c3)c(F)cnc21. The van der Waals surface area contributed by atoms with Crippen LogP contribution in [-0.4, -0.2) is 63.2 Å². The van der Waals surface area contributed by atoms with Gasteiger partial charge in [0.25, 0.3) is 0 Å². The molecule has 0 bridgehead atoms. The summed E-state index contributed by atoms with van der Waals surface area (Å²) < 4.78 is 24.2. The van der Waals surface area contributed by atoms with Crippen LogP contribution < -0.4 is 0 Å². The van der Waals surface area contributed by atoms with Crippen molar-refractivity contribution in [3.8, 4) is 17.2 Å². The normalized spacial score (nSPS) is 15.4. The molecule has 9 nitrogen and oxygen atoms in total. The van der Waals surface area contributed by atoms with Crippen LogP contribution in [0.2, 0.25) is 25.7 Å². The van der Waals surface area contributed by atoms with Crippen LogP contribution >= 0.6 is 0 Å². The summed E-state index contributed by atoms with van der Waals surface area (Å²) in [5.41, 5.74) is 0.779. The Kier molecular flexibility index (Phi) is 5.98. The predicted molar refractivity (Wildman–Crippen MR) is 123 cm³/mol. The van der Waals surface area contributed by atoms with E-state index in [9.17, 15) is 19.6 Å². The minimum atomic E-state index is -1.19. The number of amides is 1.